The molecular weight excluding hydrogens is 228 g/mol. The first-order valence-corrected chi connectivity index (χ1v) is 5.80. The van der Waals surface area contributed by atoms with Gasteiger partial charge in [0.25, 0.3) is 0 Å². The van der Waals surface area contributed by atoms with Crippen LogP contribution in [-0.4, -0.2) is 11.3 Å². The lowest BCUT2D eigenvalue weighted by Gasteiger charge is -2.08. The number of hydrogen-bond acceptors (Lipinski definition) is 2. The SMILES string of the molecule is CCc1ccc(-c2ccccc2OC(=O)O)cc1. The summed E-state index contributed by atoms with van der Waals surface area (Å²) >= 11 is 0. The highest BCUT2D eigenvalue weighted by Gasteiger charge is 2.08. The van der Waals surface area contributed by atoms with Crippen molar-refractivity contribution in [3.8, 4) is 16.9 Å². The first kappa shape index (κ1) is 12.2. The van der Waals surface area contributed by atoms with E-state index in [0.29, 0.717) is 5.75 Å². The zero-order valence-corrected chi connectivity index (χ0v) is 10.1. The van der Waals surface area contributed by atoms with Crippen molar-refractivity contribution in [3.63, 3.8) is 0 Å². The lowest BCUT2D eigenvalue weighted by Crippen LogP contribution is -2.03. The highest BCUT2D eigenvalue weighted by Crippen LogP contribution is 2.30. The van der Waals surface area contributed by atoms with Gasteiger partial charge in [-0.3, -0.25) is 0 Å². The minimum atomic E-state index is -1.30. The first-order valence-electron chi connectivity index (χ1n) is 5.80. The third-order valence-corrected chi connectivity index (χ3v) is 2.76. The monoisotopic (exact) mass is 242 g/mol. The molecular formula is C15H14O3. The number of benzene rings is 2. The van der Waals surface area contributed by atoms with Crippen molar-refractivity contribution in [3.05, 3.63) is 54.1 Å². The zero-order chi connectivity index (χ0) is 13.0. The summed E-state index contributed by atoms with van der Waals surface area (Å²) in [5.74, 6) is 0.356. The van der Waals surface area contributed by atoms with E-state index < -0.39 is 6.16 Å². The predicted octanol–water partition coefficient (Wildman–Crippen LogP) is 3.97. The highest BCUT2D eigenvalue weighted by molar-refractivity contribution is 5.74. The van der Waals surface area contributed by atoms with Crippen LogP contribution in [0.4, 0.5) is 4.79 Å². The second-order valence-electron chi connectivity index (χ2n) is 3.91. The fourth-order valence-corrected chi connectivity index (χ4v) is 1.81. The van der Waals surface area contributed by atoms with Gasteiger partial charge in [-0.05, 0) is 23.6 Å². The second-order valence-corrected chi connectivity index (χ2v) is 3.91. The van der Waals surface area contributed by atoms with E-state index in [1.807, 2.05) is 36.4 Å². The maximum absolute atomic E-state index is 10.6. The molecule has 0 atom stereocenters. The molecule has 0 saturated heterocycles. The van der Waals surface area contributed by atoms with Crippen molar-refractivity contribution < 1.29 is 14.6 Å². The summed E-state index contributed by atoms with van der Waals surface area (Å²) in [5.41, 5.74) is 2.97. The predicted molar refractivity (Wildman–Crippen MR) is 69.9 cm³/mol. The van der Waals surface area contributed by atoms with E-state index >= 15 is 0 Å². The van der Waals surface area contributed by atoms with Gasteiger partial charge in [-0.1, -0.05) is 49.4 Å². The Morgan fingerprint density at radius 3 is 2.39 bits per heavy atom. The van der Waals surface area contributed by atoms with Crippen molar-refractivity contribution in [2.45, 2.75) is 13.3 Å². The molecule has 0 radical (unpaired) electrons. The summed E-state index contributed by atoms with van der Waals surface area (Å²) in [6.07, 6.45) is -0.319. The number of carboxylic acid groups (broad SMARTS) is 1. The summed E-state index contributed by atoms with van der Waals surface area (Å²) < 4.78 is 4.77. The number of hydrogen-bond donors (Lipinski definition) is 1. The van der Waals surface area contributed by atoms with E-state index in [2.05, 4.69) is 6.92 Å². The van der Waals surface area contributed by atoms with Crippen LogP contribution in [0.5, 0.6) is 5.75 Å². The zero-order valence-electron chi connectivity index (χ0n) is 10.1. The van der Waals surface area contributed by atoms with E-state index in [-0.39, 0.29) is 0 Å². The van der Waals surface area contributed by atoms with Crippen LogP contribution in [-0.2, 0) is 6.42 Å². The molecule has 0 saturated carbocycles. The lowest BCUT2D eigenvalue weighted by atomic mass is 10.0. The van der Waals surface area contributed by atoms with Gasteiger partial charge in [-0.2, -0.15) is 0 Å². The molecule has 0 bridgehead atoms. The van der Waals surface area contributed by atoms with Crippen LogP contribution in [0.3, 0.4) is 0 Å². The number of ether oxygens (including phenoxy) is 1. The van der Waals surface area contributed by atoms with Gasteiger partial charge in [-0.25, -0.2) is 4.79 Å². The van der Waals surface area contributed by atoms with Gasteiger partial charge in [0, 0.05) is 5.56 Å². The van der Waals surface area contributed by atoms with Crippen molar-refractivity contribution in [1.82, 2.24) is 0 Å². The van der Waals surface area contributed by atoms with E-state index in [4.69, 9.17) is 9.84 Å². The maximum Gasteiger partial charge on any atom is 0.511 e. The van der Waals surface area contributed by atoms with Crippen molar-refractivity contribution in [2.24, 2.45) is 0 Å². The van der Waals surface area contributed by atoms with E-state index in [1.54, 1.807) is 12.1 Å². The van der Waals surface area contributed by atoms with Gasteiger partial charge >= 0.3 is 6.16 Å². The molecule has 2 aromatic rings. The molecule has 2 aromatic carbocycles. The van der Waals surface area contributed by atoms with Gasteiger partial charge in [-0.15, -0.1) is 0 Å². The first-order chi connectivity index (χ1) is 8.70. The van der Waals surface area contributed by atoms with Gasteiger partial charge < -0.3 is 9.84 Å². The number of rotatable bonds is 3. The van der Waals surface area contributed by atoms with Crippen molar-refractivity contribution >= 4 is 6.16 Å². The topological polar surface area (TPSA) is 46.5 Å². The third-order valence-electron chi connectivity index (χ3n) is 2.76. The minimum absolute atomic E-state index is 0.356. The Balaban J connectivity index is 2.39. The average molecular weight is 242 g/mol. The summed E-state index contributed by atoms with van der Waals surface area (Å²) in [5, 5.41) is 8.70. The van der Waals surface area contributed by atoms with Gasteiger partial charge in [0.2, 0.25) is 0 Å². The molecule has 2 rings (SSSR count). The van der Waals surface area contributed by atoms with Crippen LogP contribution in [0.25, 0.3) is 11.1 Å². The Bertz CT molecular complexity index is 544. The smallest absolute Gasteiger partial charge is 0.449 e. The maximum atomic E-state index is 10.6. The van der Waals surface area contributed by atoms with Gasteiger partial charge in [0.15, 0.2) is 0 Å². The van der Waals surface area contributed by atoms with Crippen LogP contribution in [0, 0.1) is 0 Å². The van der Waals surface area contributed by atoms with Crippen LogP contribution < -0.4 is 4.74 Å². The third kappa shape index (κ3) is 2.69. The average Bonchev–Trinajstić information content (AvgIpc) is 2.39. The summed E-state index contributed by atoms with van der Waals surface area (Å²) in [4.78, 5) is 10.6. The van der Waals surface area contributed by atoms with E-state index in [1.165, 1.54) is 5.56 Å². The van der Waals surface area contributed by atoms with Crippen LogP contribution in [0.2, 0.25) is 0 Å². The molecule has 0 aliphatic carbocycles. The Hall–Kier alpha value is -2.29. The fourth-order valence-electron chi connectivity index (χ4n) is 1.81. The quantitative estimate of drug-likeness (QED) is 0.654. The summed E-state index contributed by atoms with van der Waals surface area (Å²) in [7, 11) is 0. The van der Waals surface area contributed by atoms with E-state index in [9.17, 15) is 4.79 Å². The number of carbonyl (C=O) groups is 1. The second kappa shape index (κ2) is 5.36. The highest BCUT2D eigenvalue weighted by atomic mass is 16.7. The van der Waals surface area contributed by atoms with Gasteiger partial charge in [0.05, 0.1) is 0 Å². The van der Waals surface area contributed by atoms with Crippen LogP contribution in [0.15, 0.2) is 48.5 Å². The Morgan fingerprint density at radius 1 is 1.11 bits per heavy atom. The minimum Gasteiger partial charge on any atom is -0.449 e. The molecule has 0 aromatic heterocycles. The standard InChI is InChI=1S/C15H14O3/c1-2-11-7-9-12(10-8-11)13-5-3-4-6-14(13)18-15(16)17/h3-10H,2H2,1H3,(H,16,17). The molecule has 92 valence electrons. The molecule has 3 heteroatoms. The molecule has 3 nitrogen and oxygen atoms in total. The normalized spacial score (nSPS) is 10.1. The molecule has 18 heavy (non-hydrogen) atoms. The Labute approximate surface area is 106 Å². The Kier molecular flexibility index (Phi) is 3.63. The van der Waals surface area contributed by atoms with Crippen molar-refractivity contribution in [1.29, 1.82) is 0 Å². The van der Waals surface area contributed by atoms with E-state index in [0.717, 1.165) is 17.5 Å². The molecule has 0 amide bonds. The summed E-state index contributed by atoms with van der Waals surface area (Å²) in [6, 6.07) is 15.1. The van der Waals surface area contributed by atoms with Gasteiger partial charge in [0.1, 0.15) is 5.75 Å². The lowest BCUT2D eigenvalue weighted by molar-refractivity contribution is 0.144. The largest absolute Gasteiger partial charge is 0.511 e. The number of para-hydroxylation sites is 1. The summed E-state index contributed by atoms with van der Waals surface area (Å²) in [6.45, 7) is 2.09. The molecule has 0 aliphatic rings. The molecule has 1 N–H and O–H groups in total. The Morgan fingerprint density at radius 2 is 1.78 bits per heavy atom. The number of aryl methyl sites for hydroxylation is 1. The molecule has 0 spiro atoms. The molecule has 0 fully saturated rings. The fraction of sp³-hybridized carbons (Fsp3) is 0.133. The molecule has 0 unspecified atom stereocenters. The van der Waals surface area contributed by atoms with Crippen LogP contribution in [0.1, 0.15) is 12.5 Å². The van der Waals surface area contributed by atoms with Crippen LogP contribution >= 0.6 is 0 Å². The molecule has 0 aliphatic heterocycles. The van der Waals surface area contributed by atoms with Crippen molar-refractivity contribution in [2.75, 3.05) is 0 Å². The molecule has 0 heterocycles.